The molecule has 0 radical (unpaired) electrons. The van der Waals surface area contributed by atoms with E-state index in [0.717, 1.165) is 0 Å². The maximum Gasteiger partial charge on any atom is 0.306 e. The van der Waals surface area contributed by atoms with Crippen molar-refractivity contribution < 1.29 is 9.90 Å². The average Bonchev–Trinajstić information content (AvgIpc) is 2.48. The summed E-state index contributed by atoms with van der Waals surface area (Å²) in [5.74, 6) is -1.08. The molecule has 0 heterocycles. The van der Waals surface area contributed by atoms with Crippen LogP contribution >= 0.6 is 7.92 Å². The molecule has 2 rings (SSSR count). The molecule has 1 N–H and O–H groups in total. The fourth-order valence-electron chi connectivity index (χ4n) is 2.23. The first-order chi connectivity index (χ1) is 9.61. The predicted octanol–water partition coefficient (Wildman–Crippen LogP) is 3.23. The number of rotatable bonds is 5. The Balaban J connectivity index is 2.43. The molecule has 2 nitrogen and oxygen atoms in total. The molecule has 104 valence electrons. The molecule has 0 aliphatic rings. The van der Waals surface area contributed by atoms with Crippen LogP contribution in [-0.4, -0.2) is 16.7 Å². The van der Waals surface area contributed by atoms with Crippen molar-refractivity contribution in [2.45, 2.75) is 19.5 Å². The lowest BCUT2D eigenvalue weighted by molar-refractivity contribution is -0.140. The van der Waals surface area contributed by atoms with E-state index >= 15 is 0 Å². The molecule has 2 aromatic rings. The molecule has 0 aromatic heterocycles. The molecule has 2 unspecified atom stereocenters. The van der Waals surface area contributed by atoms with Gasteiger partial charge in [-0.25, -0.2) is 0 Å². The molecular formula is C17H19O2P. The van der Waals surface area contributed by atoms with Gasteiger partial charge in [0.15, 0.2) is 0 Å². The summed E-state index contributed by atoms with van der Waals surface area (Å²) in [6, 6.07) is 20.5. The van der Waals surface area contributed by atoms with Crippen molar-refractivity contribution in [1.29, 1.82) is 0 Å². The highest BCUT2D eigenvalue weighted by molar-refractivity contribution is 7.73. The molecule has 0 bridgehead atoms. The number of hydrogen-bond acceptors (Lipinski definition) is 1. The Morgan fingerprint density at radius 2 is 1.30 bits per heavy atom. The van der Waals surface area contributed by atoms with Gasteiger partial charge in [0.1, 0.15) is 0 Å². The second kappa shape index (κ2) is 6.67. The first kappa shape index (κ1) is 14.7. The summed E-state index contributed by atoms with van der Waals surface area (Å²) in [5.41, 5.74) is 0.0901. The first-order valence-corrected chi connectivity index (χ1v) is 8.14. The average molecular weight is 286 g/mol. The lowest BCUT2D eigenvalue weighted by Crippen LogP contribution is -2.28. The number of carboxylic acids is 1. The van der Waals surface area contributed by atoms with Crippen molar-refractivity contribution in [3.8, 4) is 0 Å². The highest BCUT2D eigenvalue weighted by Gasteiger charge is 2.29. The molecule has 0 saturated carbocycles. The van der Waals surface area contributed by atoms with Crippen LogP contribution in [0.25, 0.3) is 0 Å². The van der Waals surface area contributed by atoms with Crippen molar-refractivity contribution in [3.63, 3.8) is 0 Å². The minimum atomic E-state index is -0.725. The monoisotopic (exact) mass is 286 g/mol. The summed E-state index contributed by atoms with van der Waals surface area (Å²) in [7, 11) is -0.665. The van der Waals surface area contributed by atoms with Crippen LogP contribution in [0.2, 0.25) is 0 Å². The summed E-state index contributed by atoms with van der Waals surface area (Å²) in [4.78, 5) is 11.3. The maximum absolute atomic E-state index is 11.3. The summed E-state index contributed by atoms with van der Waals surface area (Å²) in [6.07, 6.45) is 0. The van der Waals surface area contributed by atoms with Crippen molar-refractivity contribution in [2.75, 3.05) is 0 Å². The van der Waals surface area contributed by atoms with Gasteiger partial charge in [-0.2, -0.15) is 0 Å². The molecule has 0 fully saturated rings. The Labute approximate surface area is 121 Å². The summed E-state index contributed by atoms with van der Waals surface area (Å²) < 4.78 is 0. The van der Waals surface area contributed by atoms with Crippen LogP contribution < -0.4 is 10.6 Å². The normalized spacial score (nSPS) is 13.9. The topological polar surface area (TPSA) is 37.3 Å². The lowest BCUT2D eigenvalue weighted by atomic mass is 10.1. The number of carbonyl (C=O) groups is 1. The third kappa shape index (κ3) is 3.26. The van der Waals surface area contributed by atoms with Gasteiger partial charge in [-0.15, -0.1) is 0 Å². The standard InChI is InChI=1S/C17H19O2P/c1-13(17(18)19)14(2)20(15-9-5-3-6-10-15)16-11-7-4-8-12-16/h3-14H,1-2H3,(H,18,19). The van der Waals surface area contributed by atoms with Crippen molar-refractivity contribution in [2.24, 2.45) is 5.92 Å². The summed E-state index contributed by atoms with van der Waals surface area (Å²) >= 11 is 0. The zero-order valence-electron chi connectivity index (χ0n) is 11.7. The van der Waals surface area contributed by atoms with Gasteiger partial charge >= 0.3 is 5.97 Å². The van der Waals surface area contributed by atoms with Crippen molar-refractivity contribution in [1.82, 2.24) is 0 Å². The summed E-state index contributed by atoms with van der Waals surface area (Å²) in [6.45, 7) is 3.85. The van der Waals surface area contributed by atoms with Gasteiger partial charge in [0.05, 0.1) is 5.92 Å². The van der Waals surface area contributed by atoms with Crippen LogP contribution in [0.4, 0.5) is 0 Å². The van der Waals surface area contributed by atoms with Gasteiger partial charge in [0.2, 0.25) is 0 Å². The van der Waals surface area contributed by atoms with Crippen LogP contribution in [0.15, 0.2) is 60.7 Å². The zero-order valence-corrected chi connectivity index (χ0v) is 12.6. The van der Waals surface area contributed by atoms with Gasteiger partial charge in [-0.1, -0.05) is 74.5 Å². The van der Waals surface area contributed by atoms with E-state index in [1.165, 1.54) is 10.6 Å². The Hall–Kier alpha value is -1.66. The first-order valence-electron chi connectivity index (χ1n) is 6.73. The van der Waals surface area contributed by atoms with Crippen LogP contribution in [0.5, 0.6) is 0 Å². The number of benzene rings is 2. The molecule has 2 atom stereocenters. The van der Waals surface area contributed by atoms with Crippen molar-refractivity contribution in [3.05, 3.63) is 60.7 Å². The molecule has 0 saturated heterocycles. The molecule has 3 heteroatoms. The van der Waals surface area contributed by atoms with Gasteiger partial charge < -0.3 is 5.11 Å². The molecule has 0 amide bonds. The van der Waals surface area contributed by atoms with Crippen molar-refractivity contribution >= 4 is 24.5 Å². The third-order valence-corrected chi connectivity index (χ3v) is 6.56. The molecule has 0 aliphatic heterocycles. The highest BCUT2D eigenvalue weighted by atomic mass is 31.1. The predicted molar refractivity (Wildman–Crippen MR) is 85.3 cm³/mol. The van der Waals surface area contributed by atoms with E-state index in [0.29, 0.717) is 0 Å². The Kier molecular flexibility index (Phi) is 4.92. The Morgan fingerprint density at radius 1 is 0.900 bits per heavy atom. The zero-order chi connectivity index (χ0) is 14.5. The Morgan fingerprint density at radius 3 is 1.65 bits per heavy atom. The van der Waals surface area contributed by atoms with Crippen LogP contribution in [0, 0.1) is 5.92 Å². The largest absolute Gasteiger partial charge is 0.481 e. The second-order valence-corrected chi connectivity index (χ2v) is 7.50. The maximum atomic E-state index is 11.3. The quantitative estimate of drug-likeness (QED) is 0.857. The lowest BCUT2D eigenvalue weighted by Gasteiger charge is -2.28. The van der Waals surface area contributed by atoms with E-state index in [9.17, 15) is 9.90 Å². The Bertz CT molecular complexity index is 514. The fraction of sp³-hybridized carbons (Fsp3) is 0.235. The van der Waals surface area contributed by atoms with Gasteiger partial charge in [0.25, 0.3) is 0 Å². The van der Waals surface area contributed by atoms with E-state index in [2.05, 4.69) is 24.3 Å². The smallest absolute Gasteiger partial charge is 0.306 e. The molecule has 20 heavy (non-hydrogen) atoms. The van der Waals surface area contributed by atoms with E-state index < -0.39 is 13.9 Å². The molecule has 0 spiro atoms. The molecule has 0 aliphatic carbocycles. The minimum Gasteiger partial charge on any atom is -0.481 e. The van der Waals surface area contributed by atoms with Crippen LogP contribution in [0.3, 0.4) is 0 Å². The summed E-state index contributed by atoms with van der Waals surface area (Å²) in [5, 5.41) is 11.8. The van der Waals surface area contributed by atoms with E-state index in [1.807, 2.05) is 43.3 Å². The van der Waals surface area contributed by atoms with Crippen LogP contribution in [0.1, 0.15) is 13.8 Å². The molecular weight excluding hydrogens is 267 g/mol. The molecule has 2 aromatic carbocycles. The van der Waals surface area contributed by atoms with Crippen LogP contribution in [-0.2, 0) is 4.79 Å². The second-order valence-electron chi connectivity index (χ2n) is 4.91. The van der Waals surface area contributed by atoms with E-state index in [4.69, 9.17) is 0 Å². The number of hydrogen-bond donors (Lipinski definition) is 1. The number of carboxylic acid groups (broad SMARTS) is 1. The minimum absolute atomic E-state index is 0.0901. The SMILES string of the molecule is CC(C(=O)O)C(C)P(c1ccccc1)c1ccccc1. The van der Waals surface area contributed by atoms with E-state index in [1.54, 1.807) is 6.92 Å². The van der Waals surface area contributed by atoms with Gasteiger partial charge in [0, 0.05) is 0 Å². The highest BCUT2D eigenvalue weighted by Crippen LogP contribution is 2.42. The third-order valence-electron chi connectivity index (χ3n) is 3.59. The van der Waals surface area contributed by atoms with Gasteiger partial charge in [-0.05, 0) is 24.2 Å². The fourth-order valence-corrected chi connectivity index (χ4v) is 5.03. The van der Waals surface area contributed by atoms with Gasteiger partial charge in [-0.3, -0.25) is 4.79 Å². The number of aliphatic carboxylic acids is 1. The van der Waals surface area contributed by atoms with E-state index in [-0.39, 0.29) is 11.6 Å².